The molecule has 4 heteroatoms. The lowest BCUT2D eigenvalue weighted by molar-refractivity contribution is 0.0649. The van der Waals surface area contributed by atoms with E-state index >= 15 is 0 Å². The smallest absolute Gasteiger partial charge is 0.255 e. The zero-order valence-electron chi connectivity index (χ0n) is 14.1. The van der Waals surface area contributed by atoms with E-state index in [4.69, 9.17) is 0 Å². The van der Waals surface area contributed by atoms with Crippen LogP contribution in [0.4, 0.5) is 0 Å². The van der Waals surface area contributed by atoms with Gasteiger partial charge in [-0.3, -0.25) is 14.7 Å². The molecule has 4 nitrogen and oxygen atoms in total. The van der Waals surface area contributed by atoms with Gasteiger partial charge in [-0.15, -0.1) is 0 Å². The molecule has 0 radical (unpaired) electrons. The third-order valence-electron chi connectivity index (χ3n) is 4.37. The van der Waals surface area contributed by atoms with Gasteiger partial charge >= 0.3 is 0 Å². The minimum atomic E-state index is 0.0973. The topological polar surface area (TPSA) is 36.4 Å². The summed E-state index contributed by atoms with van der Waals surface area (Å²) >= 11 is 0. The van der Waals surface area contributed by atoms with Gasteiger partial charge < -0.3 is 4.90 Å². The molecule has 24 heavy (non-hydrogen) atoms. The number of carbonyl (C=O) groups excluding carboxylic acids is 1. The Morgan fingerprint density at radius 3 is 2.54 bits per heavy atom. The van der Waals surface area contributed by atoms with Crippen molar-refractivity contribution in [2.45, 2.75) is 6.92 Å². The van der Waals surface area contributed by atoms with Crippen LogP contribution in [0.15, 0.2) is 54.7 Å². The van der Waals surface area contributed by atoms with Gasteiger partial charge in [0.05, 0.1) is 5.56 Å². The summed E-state index contributed by atoms with van der Waals surface area (Å²) in [6.07, 6.45) is 6.07. The van der Waals surface area contributed by atoms with Crippen LogP contribution in [0.3, 0.4) is 0 Å². The number of nitrogens with zero attached hydrogens (tertiary/aromatic N) is 3. The predicted molar refractivity (Wildman–Crippen MR) is 96.8 cm³/mol. The highest BCUT2D eigenvalue weighted by Gasteiger charge is 2.22. The largest absolute Gasteiger partial charge is 0.336 e. The third kappa shape index (κ3) is 4.09. The summed E-state index contributed by atoms with van der Waals surface area (Å²) in [4.78, 5) is 21.1. The molecule has 124 valence electrons. The van der Waals surface area contributed by atoms with Gasteiger partial charge in [0, 0.05) is 44.6 Å². The molecule has 1 aliphatic heterocycles. The van der Waals surface area contributed by atoms with Crippen molar-refractivity contribution in [3.63, 3.8) is 0 Å². The molecule has 0 N–H and O–H groups in total. The Morgan fingerprint density at radius 1 is 1.08 bits per heavy atom. The van der Waals surface area contributed by atoms with Crippen LogP contribution >= 0.6 is 0 Å². The summed E-state index contributed by atoms with van der Waals surface area (Å²) in [5.41, 5.74) is 2.74. The van der Waals surface area contributed by atoms with Crippen molar-refractivity contribution in [2.75, 3.05) is 32.7 Å². The molecule has 1 aromatic carbocycles. The van der Waals surface area contributed by atoms with Crippen LogP contribution < -0.4 is 0 Å². The van der Waals surface area contributed by atoms with Crippen LogP contribution in [0, 0.1) is 6.92 Å². The van der Waals surface area contributed by atoms with Crippen LogP contribution in [0.5, 0.6) is 0 Å². The first-order valence-corrected chi connectivity index (χ1v) is 8.39. The molecule has 0 unspecified atom stereocenters. The van der Waals surface area contributed by atoms with Crippen LogP contribution in [0.1, 0.15) is 21.6 Å². The average molecular weight is 321 g/mol. The number of aromatic nitrogens is 1. The number of aryl methyl sites for hydroxylation is 1. The van der Waals surface area contributed by atoms with E-state index in [9.17, 15) is 4.79 Å². The molecule has 1 fully saturated rings. The highest BCUT2D eigenvalue weighted by Crippen LogP contribution is 2.11. The maximum Gasteiger partial charge on any atom is 0.255 e. The van der Waals surface area contributed by atoms with E-state index in [0.29, 0.717) is 0 Å². The minimum absolute atomic E-state index is 0.0973. The SMILES string of the molecule is Cc1ncccc1C(=O)N1CCN(C/C=C/c2ccccc2)CC1. The van der Waals surface area contributed by atoms with Crippen LogP contribution in [0.25, 0.3) is 6.08 Å². The second kappa shape index (κ2) is 7.88. The second-order valence-corrected chi connectivity index (χ2v) is 6.04. The van der Waals surface area contributed by atoms with Gasteiger partial charge in [0.15, 0.2) is 0 Å². The Kier molecular flexibility index (Phi) is 5.39. The molecule has 2 aromatic rings. The Bertz CT molecular complexity index is 704. The van der Waals surface area contributed by atoms with Crippen molar-refractivity contribution in [1.82, 2.24) is 14.8 Å². The van der Waals surface area contributed by atoms with Crippen LogP contribution in [0.2, 0.25) is 0 Å². The minimum Gasteiger partial charge on any atom is -0.336 e. The summed E-state index contributed by atoms with van der Waals surface area (Å²) in [6.45, 7) is 6.16. The zero-order chi connectivity index (χ0) is 16.8. The number of amides is 1. The van der Waals surface area contributed by atoms with E-state index in [-0.39, 0.29) is 5.91 Å². The number of piperazine rings is 1. The molecule has 1 amide bonds. The highest BCUT2D eigenvalue weighted by atomic mass is 16.2. The molecule has 1 aromatic heterocycles. The standard InChI is InChI=1S/C20H23N3O/c1-17-19(10-5-11-21-17)20(24)23-15-13-22(14-16-23)12-6-9-18-7-3-2-4-8-18/h2-11H,12-16H2,1H3/b9-6+. The fraction of sp³-hybridized carbons (Fsp3) is 0.300. The van der Waals surface area contributed by atoms with Crippen LogP contribution in [-0.2, 0) is 0 Å². The Labute approximate surface area is 143 Å². The lowest BCUT2D eigenvalue weighted by Crippen LogP contribution is -2.48. The summed E-state index contributed by atoms with van der Waals surface area (Å²) in [7, 11) is 0. The van der Waals surface area contributed by atoms with E-state index in [0.717, 1.165) is 44.0 Å². The number of pyridine rings is 1. The first-order valence-electron chi connectivity index (χ1n) is 8.39. The molecule has 0 spiro atoms. The maximum absolute atomic E-state index is 12.6. The molecule has 0 aliphatic carbocycles. The Hall–Kier alpha value is -2.46. The third-order valence-corrected chi connectivity index (χ3v) is 4.37. The Morgan fingerprint density at radius 2 is 1.83 bits per heavy atom. The number of hydrogen-bond donors (Lipinski definition) is 0. The summed E-state index contributed by atoms with van der Waals surface area (Å²) in [5, 5.41) is 0. The van der Waals surface area contributed by atoms with Crippen molar-refractivity contribution in [3.8, 4) is 0 Å². The van der Waals surface area contributed by atoms with E-state index in [1.165, 1.54) is 5.56 Å². The first kappa shape index (κ1) is 16.4. The first-order chi connectivity index (χ1) is 11.7. The molecular formula is C20H23N3O. The van der Waals surface area contributed by atoms with Crippen molar-refractivity contribution in [3.05, 3.63) is 71.6 Å². The average Bonchev–Trinajstić information content (AvgIpc) is 2.63. The molecule has 1 aliphatic rings. The van der Waals surface area contributed by atoms with Gasteiger partial charge in [-0.25, -0.2) is 0 Å². The van der Waals surface area contributed by atoms with Gasteiger partial charge in [-0.05, 0) is 24.6 Å². The molecule has 2 heterocycles. The number of rotatable bonds is 4. The number of carbonyl (C=O) groups is 1. The second-order valence-electron chi connectivity index (χ2n) is 6.04. The summed E-state index contributed by atoms with van der Waals surface area (Å²) < 4.78 is 0. The van der Waals surface area contributed by atoms with Crippen LogP contribution in [-0.4, -0.2) is 53.4 Å². The lowest BCUT2D eigenvalue weighted by atomic mass is 10.1. The monoisotopic (exact) mass is 321 g/mol. The normalized spacial score (nSPS) is 15.8. The predicted octanol–water partition coefficient (Wildman–Crippen LogP) is 2.86. The highest BCUT2D eigenvalue weighted by molar-refractivity contribution is 5.95. The van der Waals surface area contributed by atoms with E-state index < -0.39 is 0 Å². The van der Waals surface area contributed by atoms with Crippen molar-refractivity contribution in [2.24, 2.45) is 0 Å². The fourth-order valence-electron chi connectivity index (χ4n) is 2.92. The van der Waals surface area contributed by atoms with Gasteiger partial charge in [0.2, 0.25) is 0 Å². The Balaban J connectivity index is 1.50. The number of hydrogen-bond acceptors (Lipinski definition) is 3. The maximum atomic E-state index is 12.6. The van der Waals surface area contributed by atoms with Gasteiger partial charge in [0.25, 0.3) is 5.91 Å². The molecule has 0 atom stereocenters. The summed E-state index contributed by atoms with van der Waals surface area (Å²) in [6, 6.07) is 14.0. The van der Waals surface area contributed by atoms with Gasteiger partial charge in [-0.2, -0.15) is 0 Å². The number of benzene rings is 1. The lowest BCUT2D eigenvalue weighted by Gasteiger charge is -2.34. The van der Waals surface area contributed by atoms with E-state index in [1.807, 2.05) is 42.2 Å². The van der Waals surface area contributed by atoms with Crippen molar-refractivity contribution < 1.29 is 4.79 Å². The molecule has 0 bridgehead atoms. The van der Waals surface area contributed by atoms with E-state index in [1.54, 1.807) is 6.20 Å². The van der Waals surface area contributed by atoms with Gasteiger partial charge in [-0.1, -0.05) is 42.5 Å². The molecular weight excluding hydrogens is 298 g/mol. The molecule has 1 saturated heterocycles. The van der Waals surface area contributed by atoms with Crippen molar-refractivity contribution >= 4 is 12.0 Å². The quantitative estimate of drug-likeness (QED) is 0.869. The molecule has 0 saturated carbocycles. The van der Waals surface area contributed by atoms with Gasteiger partial charge in [0.1, 0.15) is 0 Å². The fourth-order valence-corrected chi connectivity index (χ4v) is 2.92. The molecule has 3 rings (SSSR count). The summed E-state index contributed by atoms with van der Waals surface area (Å²) in [5.74, 6) is 0.0973. The zero-order valence-corrected chi connectivity index (χ0v) is 14.1. The van der Waals surface area contributed by atoms with Crippen molar-refractivity contribution in [1.29, 1.82) is 0 Å². The van der Waals surface area contributed by atoms with E-state index in [2.05, 4.69) is 34.2 Å².